The number of nitrogens with one attached hydrogen (secondary N) is 1. The molecular weight excluding hydrogens is 222 g/mol. The van der Waals surface area contributed by atoms with Crippen molar-refractivity contribution in [1.29, 1.82) is 0 Å². The van der Waals surface area contributed by atoms with E-state index in [9.17, 15) is 0 Å². The van der Waals surface area contributed by atoms with E-state index in [0.29, 0.717) is 5.92 Å². The second-order valence-electron chi connectivity index (χ2n) is 3.98. The molecule has 0 spiro atoms. The van der Waals surface area contributed by atoms with Crippen LogP contribution in [-0.2, 0) is 17.7 Å². The first-order valence-corrected chi connectivity index (χ1v) is 6.58. The van der Waals surface area contributed by atoms with Crippen LogP contribution < -0.4 is 5.32 Å². The van der Waals surface area contributed by atoms with Crippen LogP contribution in [0.1, 0.15) is 30.3 Å². The van der Waals surface area contributed by atoms with Gasteiger partial charge in [-0.1, -0.05) is 20.3 Å². The second-order valence-corrected chi connectivity index (χ2v) is 5.12. The Balaban J connectivity index is 2.28. The van der Waals surface area contributed by atoms with E-state index in [2.05, 4.69) is 29.4 Å². The number of rotatable bonds is 8. The predicted octanol–water partition coefficient (Wildman–Crippen LogP) is 1.86. The molecule has 4 nitrogen and oxygen atoms in total. The van der Waals surface area contributed by atoms with E-state index in [1.807, 2.05) is 0 Å². The van der Waals surface area contributed by atoms with Crippen LogP contribution in [0.15, 0.2) is 0 Å². The molecule has 0 radical (unpaired) electrons. The molecule has 0 bridgehead atoms. The molecule has 1 heterocycles. The zero-order valence-corrected chi connectivity index (χ0v) is 11.1. The van der Waals surface area contributed by atoms with Crippen molar-refractivity contribution in [3.63, 3.8) is 0 Å². The number of hydrogen-bond acceptors (Lipinski definition) is 5. The fraction of sp³-hybridized carbons (Fsp3) is 0.818. The molecule has 0 saturated heterocycles. The topological polar surface area (TPSA) is 47.0 Å². The van der Waals surface area contributed by atoms with Gasteiger partial charge in [0, 0.05) is 26.6 Å². The van der Waals surface area contributed by atoms with Crippen LogP contribution in [0.25, 0.3) is 0 Å². The molecule has 1 atom stereocenters. The Morgan fingerprint density at radius 1 is 1.38 bits per heavy atom. The third kappa shape index (κ3) is 5.01. The Kier molecular flexibility index (Phi) is 6.52. The van der Waals surface area contributed by atoms with Crippen molar-refractivity contribution in [3.8, 4) is 0 Å². The summed E-state index contributed by atoms with van der Waals surface area (Å²) in [7, 11) is 1.71. The summed E-state index contributed by atoms with van der Waals surface area (Å²) in [4.78, 5) is 0. The van der Waals surface area contributed by atoms with Crippen LogP contribution in [0.2, 0.25) is 0 Å². The minimum absolute atomic E-state index is 0.697. The van der Waals surface area contributed by atoms with Gasteiger partial charge in [0.2, 0.25) is 0 Å². The smallest absolute Gasteiger partial charge is 0.131 e. The fourth-order valence-corrected chi connectivity index (χ4v) is 2.23. The molecule has 0 amide bonds. The summed E-state index contributed by atoms with van der Waals surface area (Å²) in [5, 5.41) is 13.8. The van der Waals surface area contributed by atoms with E-state index in [0.717, 1.165) is 36.1 Å². The van der Waals surface area contributed by atoms with Gasteiger partial charge in [-0.25, -0.2) is 0 Å². The Morgan fingerprint density at radius 3 is 2.81 bits per heavy atom. The van der Waals surface area contributed by atoms with Gasteiger partial charge >= 0.3 is 0 Å². The summed E-state index contributed by atoms with van der Waals surface area (Å²) >= 11 is 1.71. The number of hydrogen-bond donors (Lipinski definition) is 1. The lowest BCUT2D eigenvalue weighted by Gasteiger charge is -2.03. The maximum Gasteiger partial charge on any atom is 0.131 e. The first-order chi connectivity index (χ1) is 7.76. The average molecular weight is 243 g/mol. The number of ether oxygens (including phenoxy) is 1. The summed E-state index contributed by atoms with van der Waals surface area (Å²) < 4.78 is 4.96. The Hall–Kier alpha value is -0.520. The molecule has 0 fully saturated rings. The molecule has 5 heteroatoms. The summed E-state index contributed by atoms with van der Waals surface area (Å²) in [6.45, 7) is 6.84. The van der Waals surface area contributed by atoms with E-state index in [1.54, 1.807) is 18.4 Å². The average Bonchev–Trinajstić information content (AvgIpc) is 2.72. The maximum atomic E-state index is 4.96. The van der Waals surface area contributed by atoms with Crippen LogP contribution in [0.4, 0.5) is 0 Å². The van der Waals surface area contributed by atoms with Crippen LogP contribution in [0.5, 0.6) is 0 Å². The number of nitrogens with zero attached hydrogens (tertiary/aromatic N) is 2. The van der Waals surface area contributed by atoms with Crippen molar-refractivity contribution >= 4 is 11.3 Å². The molecule has 0 aliphatic rings. The molecule has 1 unspecified atom stereocenters. The normalized spacial score (nSPS) is 12.9. The monoisotopic (exact) mass is 243 g/mol. The zero-order valence-electron chi connectivity index (χ0n) is 10.3. The highest BCUT2D eigenvalue weighted by atomic mass is 32.1. The number of methoxy groups -OCH3 is 1. The first kappa shape index (κ1) is 13.5. The predicted molar refractivity (Wildman–Crippen MR) is 66.7 cm³/mol. The van der Waals surface area contributed by atoms with E-state index < -0.39 is 0 Å². The molecule has 16 heavy (non-hydrogen) atoms. The summed E-state index contributed by atoms with van der Waals surface area (Å²) in [6.07, 6.45) is 2.24. The van der Waals surface area contributed by atoms with Crippen molar-refractivity contribution in [1.82, 2.24) is 15.5 Å². The third-order valence-corrected chi connectivity index (χ3v) is 3.43. The Labute approximate surface area is 101 Å². The third-order valence-electron chi connectivity index (χ3n) is 2.49. The first-order valence-electron chi connectivity index (χ1n) is 5.77. The lowest BCUT2D eigenvalue weighted by molar-refractivity contribution is 0.199. The lowest BCUT2D eigenvalue weighted by Crippen LogP contribution is -2.18. The van der Waals surface area contributed by atoms with Crippen LogP contribution in [0.3, 0.4) is 0 Å². The van der Waals surface area contributed by atoms with Gasteiger partial charge in [0.05, 0.1) is 6.61 Å². The van der Waals surface area contributed by atoms with Gasteiger partial charge < -0.3 is 10.1 Å². The lowest BCUT2D eigenvalue weighted by atomic mass is 10.1. The Bertz CT molecular complexity index is 291. The Morgan fingerprint density at radius 2 is 2.12 bits per heavy atom. The van der Waals surface area contributed by atoms with Gasteiger partial charge in [-0.05, 0) is 5.92 Å². The van der Waals surface area contributed by atoms with Crippen molar-refractivity contribution in [2.45, 2.75) is 33.2 Å². The van der Waals surface area contributed by atoms with E-state index in [1.165, 1.54) is 6.42 Å². The van der Waals surface area contributed by atoms with E-state index in [4.69, 9.17) is 4.74 Å². The van der Waals surface area contributed by atoms with Crippen LogP contribution >= 0.6 is 11.3 Å². The molecule has 0 aliphatic carbocycles. The summed E-state index contributed by atoms with van der Waals surface area (Å²) in [5.41, 5.74) is 0. The van der Waals surface area contributed by atoms with Gasteiger partial charge in [0.1, 0.15) is 10.0 Å². The van der Waals surface area contributed by atoms with Gasteiger partial charge in [-0.3, -0.25) is 0 Å². The molecule has 0 saturated carbocycles. The second kappa shape index (κ2) is 7.70. The van der Waals surface area contributed by atoms with E-state index in [-0.39, 0.29) is 0 Å². The van der Waals surface area contributed by atoms with E-state index >= 15 is 0 Å². The van der Waals surface area contributed by atoms with Gasteiger partial charge in [-0.2, -0.15) is 0 Å². The molecule has 1 aromatic heterocycles. The molecule has 1 rings (SSSR count). The summed E-state index contributed by atoms with van der Waals surface area (Å²) in [5.74, 6) is 0.697. The molecule has 0 aliphatic heterocycles. The molecule has 1 aromatic rings. The van der Waals surface area contributed by atoms with Crippen LogP contribution in [0, 0.1) is 5.92 Å². The van der Waals surface area contributed by atoms with Crippen molar-refractivity contribution in [2.24, 2.45) is 5.92 Å². The van der Waals surface area contributed by atoms with Gasteiger partial charge in [-0.15, -0.1) is 21.5 Å². The van der Waals surface area contributed by atoms with Crippen molar-refractivity contribution in [3.05, 3.63) is 10.0 Å². The minimum Gasteiger partial charge on any atom is -0.383 e. The summed E-state index contributed by atoms with van der Waals surface area (Å²) in [6, 6.07) is 0. The molecule has 0 aromatic carbocycles. The molecular formula is C11H21N3OS. The zero-order chi connectivity index (χ0) is 11.8. The van der Waals surface area contributed by atoms with Crippen molar-refractivity contribution in [2.75, 3.05) is 20.3 Å². The van der Waals surface area contributed by atoms with Crippen molar-refractivity contribution < 1.29 is 4.74 Å². The quantitative estimate of drug-likeness (QED) is 0.708. The SMILES string of the molecule is CCC(C)Cc1nnc(CNCCOC)s1. The highest BCUT2D eigenvalue weighted by molar-refractivity contribution is 7.11. The molecule has 1 N–H and O–H groups in total. The highest BCUT2D eigenvalue weighted by Gasteiger charge is 2.07. The highest BCUT2D eigenvalue weighted by Crippen LogP contribution is 2.15. The van der Waals surface area contributed by atoms with Gasteiger partial charge in [0.15, 0.2) is 0 Å². The fourth-order valence-electron chi connectivity index (χ4n) is 1.25. The maximum absolute atomic E-state index is 4.96. The number of aromatic nitrogens is 2. The van der Waals surface area contributed by atoms with Crippen LogP contribution in [-0.4, -0.2) is 30.5 Å². The van der Waals surface area contributed by atoms with Gasteiger partial charge in [0.25, 0.3) is 0 Å². The minimum atomic E-state index is 0.697. The molecule has 92 valence electrons. The largest absolute Gasteiger partial charge is 0.383 e. The standard InChI is InChI=1S/C11H21N3OS/c1-4-9(2)7-10-13-14-11(16-10)8-12-5-6-15-3/h9,12H,4-8H2,1-3H3.